The molecule has 1 aromatic rings. The fraction of sp³-hybridized carbons (Fsp3) is 0.462. The van der Waals surface area contributed by atoms with Crippen LogP contribution in [0.5, 0.6) is 5.75 Å². The Balaban J connectivity index is 1.94. The highest BCUT2D eigenvalue weighted by Crippen LogP contribution is 2.29. The van der Waals surface area contributed by atoms with Gasteiger partial charge in [0.05, 0.1) is 11.3 Å². The van der Waals surface area contributed by atoms with Crippen LogP contribution in [0.2, 0.25) is 0 Å². The van der Waals surface area contributed by atoms with Gasteiger partial charge in [-0.3, -0.25) is 0 Å². The van der Waals surface area contributed by atoms with Crippen molar-refractivity contribution in [3.63, 3.8) is 0 Å². The summed E-state index contributed by atoms with van der Waals surface area (Å²) in [5.74, 6) is 0.515. The molecule has 2 aliphatic heterocycles. The minimum Gasteiger partial charge on any atom is -0.488 e. The molecule has 2 aliphatic rings. The SMILES string of the molecule is NC1=NS(=O)(=O)Cc2cccc(O[C@H]3CCCNC3)c21. The van der Waals surface area contributed by atoms with Gasteiger partial charge in [-0.15, -0.1) is 4.40 Å². The Hall–Kier alpha value is -1.60. The van der Waals surface area contributed by atoms with Gasteiger partial charge in [-0.2, -0.15) is 0 Å². The molecular formula is C13H17N3O3S. The van der Waals surface area contributed by atoms with E-state index in [0.717, 1.165) is 25.9 Å². The van der Waals surface area contributed by atoms with Crippen molar-refractivity contribution in [1.82, 2.24) is 5.32 Å². The zero-order chi connectivity index (χ0) is 14.2. The fourth-order valence-corrected chi connectivity index (χ4v) is 3.70. The van der Waals surface area contributed by atoms with E-state index in [1.807, 2.05) is 6.07 Å². The minimum absolute atomic E-state index is 0.0191. The Morgan fingerprint density at radius 3 is 3.00 bits per heavy atom. The molecule has 3 rings (SSSR count). The number of benzene rings is 1. The largest absolute Gasteiger partial charge is 0.488 e. The van der Waals surface area contributed by atoms with Gasteiger partial charge in [0.2, 0.25) is 0 Å². The van der Waals surface area contributed by atoms with Gasteiger partial charge in [-0.25, -0.2) is 8.42 Å². The lowest BCUT2D eigenvalue weighted by Crippen LogP contribution is -2.37. The van der Waals surface area contributed by atoms with Crippen molar-refractivity contribution < 1.29 is 13.2 Å². The van der Waals surface area contributed by atoms with Crippen molar-refractivity contribution in [2.75, 3.05) is 13.1 Å². The summed E-state index contributed by atoms with van der Waals surface area (Å²) in [6, 6.07) is 5.35. The second-order valence-electron chi connectivity index (χ2n) is 5.08. The molecule has 7 heteroatoms. The van der Waals surface area contributed by atoms with E-state index in [1.165, 1.54) is 0 Å². The fourth-order valence-electron chi connectivity index (χ4n) is 2.61. The smallest absolute Gasteiger partial charge is 0.259 e. The Morgan fingerprint density at radius 1 is 1.40 bits per heavy atom. The third-order valence-corrected chi connectivity index (χ3v) is 4.64. The molecule has 20 heavy (non-hydrogen) atoms. The van der Waals surface area contributed by atoms with Crippen LogP contribution in [0, 0.1) is 0 Å². The topological polar surface area (TPSA) is 93.8 Å². The van der Waals surface area contributed by atoms with Gasteiger partial charge >= 0.3 is 0 Å². The summed E-state index contributed by atoms with van der Waals surface area (Å²) in [7, 11) is -3.50. The molecule has 0 spiro atoms. The Kier molecular flexibility index (Phi) is 3.39. The zero-order valence-electron chi connectivity index (χ0n) is 11.0. The average molecular weight is 295 g/mol. The molecule has 0 radical (unpaired) electrons. The lowest BCUT2D eigenvalue weighted by Gasteiger charge is -2.26. The van der Waals surface area contributed by atoms with Crippen molar-refractivity contribution in [2.45, 2.75) is 24.7 Å². The van der Waals surface area contributed by atoms with Crippen molar-refractivity contribution in [2.24, 2.45) is 10.1 Å². The maximum atomic E-state index is 11.6. The van der Waals surface area contributed by atoms with E-state index >= 15 is 0 Å². The van der Waals surface area contributed by atoms with Crippen LogP contribution >= 0.6 is 0 Å². The molecule has 1 aromatic carbocycles. The molecule has 1 saturated heterocycles. The highest BCUT2D eigenvalue weighted by Gasteiger charge is 2.26. The van der Waals surface area contributed by atoms with E-state index in [9.17, 15) is 8.42 Å². The predicted octanol–water partition coefficient (Wildman–Crippen LogP) is 0.366. The van der Waals surface area contributed by atoms with Crippen LogP contribution in [-0.2, 0) is 15.8 Å². The molecule has 1 fully saturated rings. The lowest BCUT2D eigenvalue weighted by molar-refractivity contribution is 0.166. The van der Waals surface area contributed by atoms with Crippen molar-refractivity contribution in [3.05, 3.63) is 29.3 Å². The maximum Gasteiger partial charge on any atom is 0.259 e. The monoisotopic (exact) mass is 295 g/mol. The number of hydrogen-bond donors (Lipinski definition) is 2. The second-order valence-corrected chi connectivity index (χ2v) is 6.71. The number of nitrogens with zero attached hydrogens (tertiary/aromatic N) is 1. The summed E-state index contributed by atoms with van der Waals surface area (Å²) in [6.07, 6.45) is 2.13. The number of fused-ring (bicyclic) bond motifs is 1. The first-order valence-corrected chi connectivity index (χ1v) is 8.24. The first-order valence-electron chi connectivity index (χ1n) is 6.63. The molecule has 0 bridgehead atoms. The maximum absolute atomic E-state index is 11.6. The van der Waals surface area contributed by atoms with Crippen LogP contribution in [0.3, 0.4) is 0 Å². The van der Waals surface area contributed by atoms with Crippen LogP contribution in [0.1, 0.15) is 24.0 Å². The van der Waals surface area contributed by atoms with E-state index in [2.05, 4.69) is 9.71 Å². The first-order chi connectivity index (χ1) is 9.55. The number of nitrogens with one attached hydrogen (secondary N) is 1. The number of hydrogen-bond acceptors (Lipinski definition) is 5. The highest BCUT2D eigenvalue weighted by molar-refractivity contribution is 7.89. The third-order valence-electron chi connectivity index (χ3n) is 3.49. The molecule has 3 N–H and O–H groups in total. The Morgan fingerprint density at radius 2 is 2.25 bits per heavy atom. The van der Waals surface area contributed by atoms with E-state index in [-0.39, 0.29) is 17.7 Å². The summed E-state index contributed by atoms with van der Waals surface area (Å²) in [6.45, 7) is 1.80. The van der Waals surface area contributed by atoms with E-state index in [1.54, 1.807) is 12.1 Å². The summed E-state index contributed by atoms with van der Waals surface area (Å²) >= 11 is 0. The van der Waals surface area contributed by atoms with Crippen LogP contribution < -0.4 is 15.8 Å². The third kappa shape index (κ3) is 2.64. The molecule has 0 unspecified atom stereocenters. The van der Waals surface area contributed by atoms with Crippen LogP contribution in [-0.4, -0.2) is 33.4 Å². The summed E-state index contributed by atoms with van der Waals surface area (Å²) in [5, 5.41) is 3.28. The van der Waals surface area contributed by atoms with E-state index in [4.69, 9.17) is 10.5 Å². The van der Waals surface area contributed by atoms with Crippen LogP contribution in [0.4, 0.5) is 0 Å². The molecule has 0 saturated carbocycles. The highest BCUT2D eigenvalue weighted by atomic mass is 32.2. The second kappa shape index (κ2) is 5.06. The van der Waals surface area contributed by atoms with Gasteiger partial charge in [-0.1, -0.05) is 12.1 Å². The van der Waals surface area contributed by atoms with Crippen LogP contribution in [0.15, 0.2) is 22.6 Å². The summed E-state index contributed by atoms with van der Waals surface area (Å²) in [5.41, 5.74) is 7.07. The van der Waals surface area contributed by atoms with E-state index in [0.29, 0.717) is 16.9 Å². The lowest BCUT2D eigenvalue weighted by atomic mass is 10.1. The Labute approximate surface area is 118 Å². The molecule has 0 amide bonds. The molecule has 2 heterocycles. The molecular weight excluding hydrogens is 278 g/mol. The van der Waals surface area contributed by atoms with Crippen molar-refractivity contribution in [1.29, 1.82) is 0 Å². The number of rotatable bonds is 2. The average Bonchev–Trinajstić information content (AvgIpc) is 2.38. The van der Waals surface area contributed by atoms with Crippen LogP contribution in [0.25, 0.3) is 0 Å². The number of nitrogens with two attached hydrogens (primary N) is 1. The number of ether oxygens (including phenoxy) is 1. The molecule has 0 aliphatic carbocycles. The molecule has 1 atom stereocenters. The van der Waals surface area contributed by atoms with Gasteiger partial charge in [0.1, 0.15) is 17.7 Å². The quantitative estimate of drug-likeness (QED) is 0.822. The zero-order valence-corrected chi connectivity index (χ0v) is 11.8. The predicted molar refractivity (Wildman–Crippen MR) is 76.3 cm³/mol. The van der Waals surface area contributed by atoms with Crippen molar-refractivity contribution >= 4 is 15.9 Å². The van der Waals surface area contributed by atoms with E-state index < -0.39 is 10.0 Å². The number of piperidine rings is 1. The standard InChI is InChI=1S/C13H17N3O3S/c14-13-12-9(8-20(17,18)16-13)3-1-5-11(12)19-10-4-2-6-15-7-10/h1,3,5,10,15H,2,4,6-8H2,(H2,14,16)/t10-/m0/s1. The normalized spacial score (nSPS) is 24.6. The molecule has 0 aromatic heterocycles. The van der Waals surface area contributed by atoms with Gasteiger partial charge in [0, 0.05) is 6.54 Å². The summed E-state index contributed by atoms with van der Waals surface area (Å²) < 4.78 is 32.8. The summed E-state index contributed by atoms with van der Waals surface area (Å²) in [4.78, 5) is 0. The van der Waals surface area contributed by atoms with Gasteiger partial charge in [0.15, 0.2) is 0 Å². The first kappa shape index (κ1) is 13.4. The molecule has 108 valence electrons. The van der Waals surface area contributed by atoms with Gasteiger partial charge < -0.3 is 15.8 Å². The van der Waals surface area contributed by atoms with Gasteiger partial charge in [0.25, 0.3) is 10.0 Å². The Bertz CT molecular complexity index is 649. The molecule has 6 nitrogen and oxygen atoms in total. The number of sulfonamides is 1. The number of amidine groups is 1. The van der Waals surface area contributed by atoms with Gasteiger partial charge in [-0.05, 0) is 31.0 Å². The minimum atomic E-state index is -3.50. The van der Waals surface area contributed by atoms with Crippen molar-refractivity contribution in [3.8, 4) is 5.75 Å².